The molecule has 1 heterocycles. The van der Waals surface area contributed by atoms with E-state index in [4.69, 9.17) is 9.68 Å². The van der Waals surface area contributed by atoms with Crippen molar-refractivity contribution in [2.24, 2.45) is 0 Å². The summed E-state index contributed by atoms with van der Waals surface area (Å²) in [4.78, 5) is 23.1. The van der Waals surface area contributed by atoms with E-state index < -0.39 is 5.91 Å². The molecule has 6 nitrogen and oxygen atoms in total. The molecule has 1 aromatic heterocycles. The van der Waals surface area contributed by atoms with Crippen LogP contribution in [0.5, 0.6) is 0 Å². The zero-order chi connectivity index (χ0) is 15.1. The summed E-state index contributed by atoms with van der Waals surface area (Å²) in [7, 11) is 0. The van der Waals surface area contributed by atoms with Crippen molar-refractivity contribution in [2.75, 3.05) is 6.54 Å². The van der Waals surface area contributed by atoms with Gasteiger partial charge in [-0.2, -0.15) is 5.26 Å². The van der Waals surface area contributed by atoms with Crippen LogP contribution in [0.2, 0.25) is 0 Å². The van der Waals surface area contributed by atoms with Crippen LogP contribution in [-0.4, -0.2) is 18.4 Å². The summed E-state index contributed by atoms with van der Waals surface area (Å²) in [5.74, 6) is -0.581. The van der Waals surface area contributed by atoms with E-state index in [2.05, 4.69) is 10.6 Å². The van der Waals surface area contributed by atoms with Crippen LogP contribution in [-0.2, 0) is 11.3 Å². The van der Waals surface area contributed by atoms with Gasteiger partial charge >= 0.3 is 0 Å². The van der Waals surface area contributed by atoms with Gasteiger partial charge in [0.05, 0.1) is 24.4 Å². The van der Waals surface area contributed by atoms with E-state index in [1.807, 2.05) is 6.07 Å². The Kier molecular flexibility index (Phi) is 4.72. The molecule has 106 valence electrons. The highest BCUT2D eigenvalue weighted by Gasteiger charge is 2.09. The van der Waals surface area contributed by atoms with Crippen LogP contribution in [0.4, 0.5) is 0 Å². The van der Waals surface area contributed by atoms with Crippen molar-refractivity contribution in [1.82, 2.24) is 10.6 Å². The lowest BCUT2D eigenvalue weighted by Gasteiger charge is -2.06. The summed E-state index contributed by atoms with van der Waals surface area (Å²) in [6.07, 6.45) is 1.39. The molecule has 0 aliphatic carbocycles. The molecule has 0 saturated heterocycles. The summed E-state index contributed by atoms with van der Waals surface area (Å²) in [6.45, 7) is 0.205. The number of rotatable bonds is 5. The maximum absolute atomic E-state index is 11.6. The van der Waals surface area contributed by atoms with Crippen molar-refractivity contribution in [2.45, 2.75) is 6.54 Å². The fourth-order valence-electron chi connectivity index (χ4n) is 1.62. The Morgan fingerprint density at radius 3 is 2.52 bits per heavy atom. The van der Waals surface area contributed by atoms with E-state index in [1.54, 1.807) is 30.3 Å². The number of nitrogens with one attached hydrogen (secondary N) is 2. The quantitative estimate of drug-likeness (QED) is 0.861. The Morgan fingerprint density at radius 1 is 1.14 bits per heavy atom. The van der Waals surface area contributed by atoms with Crippen molar-refractivity contribution >= 4 is 11.8 Å². The van der Waals surface area contributed by atoms with E-state index in [0.717, 1.165) is 5.56 Å². The average molecular weight is 283 g/mol. The minimum atomic E-state index is -0.437. The predicted molar refractivity (Wildman–Crippen MR) is 74.0 cm³/mol. The summed E-state index contributed by atoms with van der Waals surface area (Å²) >= 11 is 0. The molecule has 0 aliphatic rings. The standard InChI is InChI=1S/C15H13N3O3/c16-8-11-3-5-12(6-4-11)9-17-14(19)10-18-15(20)13-2-1-7-21-13/h1-7H,9-10H2,(H,17,19)(H,18,20). The van der Waals surface area contributed by atoms with E-state index in [-0.39, 0.29) is 18.2 Å². The second-order valence-electron chi connectivity index (χ2n) is 4.25. The maximum Gasteiger partial charge on any atom is 0.287 e. The molecule has 2 aromatic rings. The van der Waals surface area contributed by atoms with Gasteiger partial charge in [0, 0.05) is 6.54 Å². The van der Waals surface area contributed by atoms with Crippen LogP contribution in [0.1, 0.15) is 21.7 Å². The van der Waals surface area contributed by atoms with Crippen LogP contribution in [0.25, 0.3) is 0 Å². The molecule has 0 saturated carbocycles. The first-order valence-electron chi connectivity index (χ1n) is 6.26. The van der Waals surface area contributed by atoms with Gasteiger partial charge in [-0.3, -0.25) is 9.59 Å². The Balaban J connectivity index is 1.74. The van der Waals surface area contributed by atoms with E-state index in [9.17, 15) is 9.59 Å². The molecular weight excluding hydrogens is 270 g/mol. The van der Waals surface area contributed by atoms with Crippen LogP contribution in [0, 0.1) is 11.3 Å². The lowest BCUT2D eigenvalue weighted by Crippen LogP contribution is -2.36. The van der Waals surface area contributed by atoms with Crippen molar-refractivity contribution in [3.8, 4) is 6.07 Å². The number of carbonyl (C=O) groups is 2. The molecular formula is C15H13N3O3. The van der Waals surface area contributed by atoms with Crippen molar-refractivity contribution in [3.63, 3.8) is 0 Å². The normalized spacial score (nSPS) is 9.67. The monoisotopic (exact) mass is 283 g/mol. The van der Waals surface area contributed by atoms with Gasteiger partial charge in [-0.05, 0) is 29.8 Å². The SMILES string of the molecule is N#Cc1ccc(CNC(=O)CNC(=O)c2ccco2)cc1. The fourth-order valence-corrected chi connectivity index (χ4v) is 1.62. The highest BCUT2D eigenvalue weighted by molar-refractivity contribution is 5.94. The van der Waals surface area contributed by atoms with Gasteiger partial charge < -0.3 is 15.1 Å². The largest absolute Gasteiger partial charge is 0.459 e. The zero-order valence-corrected chi connectivity index (χ0v) is 11.1. The number of nitriles is 1. The first-order valence-corrected chi connectivity index (χ1v) is 6.26. The van der Waals surface area contributed by atoms with Gasteiger partial charge in [-0.15, -0.1) is 0 Å². The molecule has 0 radical (unpaired) electrons. The highest BCUT2D eigenvalue weighted by Crippen LogP contribution is 2.02. The van der Waals surface area contributed by atoms with Gasteiger partial charge in [-0.25, -0.2) is 0 Å². The molecule has 21 heavy (non-hydrogen) atoms. The van der Waals surface area contributed by atoms with Gasteiger partial charge in [0.2, 0.25) is 5.91 Å². The molecule has 0 atom stereocenters. The fraction of sp³-hybridized carbons (Fsp3) is 0.133. The lowest BCUT2D eigenvalue weighted by molar-refractivity contribution is -0.120. The smallest absolute Gasteiger partial charge is 0.287 e. The van der Waals surface area contributed by atoms with Crippen LogP contribution < -0.4 is 10.6 Å². The van der Waals surface area contributed by atoms with Crippen molar-refractivity contribution in [1.29, 1.82) is 5.26 Å². The number of benzene rings is 1. The minimum absolute atomic E-state index is 0.129. The Bertz CT molecular complexity index is 654. The summed E-state index contributed by atoms with van der Waals surface area (Å²) in [5.41, 5.74) is 1.44. The number of hydrogen-bond acceptors (Lipinski definition) is 4. The predicted octanol–water partition coefficient (Wildman–Crippen LogP) is 1.20. The zero-order valence-electron chi connectivity index (χ0n) is 11.1. The van der Waals surface area contributed by atoms with E-state index in [0.29, 0.717) is 12.1 Å². The third-order valence-corrected chi connectivity index (χ3v) is 2.73. The summed E-state index contributed by atoms with van der Waals surface area (Å²) < 4.78 is 4.91. The molecule has 2 rings (SSSR count). The molecule has 0 bridgehead atoms. The molecule has 2 amide bonds. The number of nitrogens with zero attached hydrogens (tertiary/aromatic N) is 1. The number of furan rings is 1. The van der Waals surface area contributed by atoms with Crippen LogP contribution in [0.3, 0.4) is 0 Å². The Hall–Kier alpha value is -3.07. The van der Waals surface area contributed by atoms with E-state index in [1.165, 1.54) is 12.3 Å². The number of carbonyl (C=O) groups excluding carboxylic acids is 2. The molecule has 1 aromatic carbocycles. The first kappa shape index (κ1) is 14.3. The molecule has 0 unspecified atom stereocenters. The van der Waals surface area contributed by atoms with Crippen LogP contribution in [0.15, 0.2) is 47.1 Å². The summed E-state index contributed by atoms with van der Waals surface area (Å²) in [6, 6.07) is 12.0. The molecule has 6 heteroatoms. The van der Waals surface area contributed by atoms with Crippen molar-refractivity contribution < 1.29 is 14.0 Å². The highest BCUT2D eigenvalue weighted by atomic mass is 16.3. The second kappa shape index (κ2) is 6.91. The number of hydrogen-bond donors (Lipinski definition) is 2. The van der Waals surface area contributed by atoms with Gasteiger partial charge in [0.15, 0.2) is 5.76 Å². The maximum atomic E-state index is 11.6. The Labute approximate surface area is 121 Å². The van der Waals surface area contributed by atoms with Crippen molar-refractivity contribution in [3.05, 3.63) is 59.5 Å². The lowest BCUT2D eigenvalue weighted by atomic mass is 10.1. The van der Waals surface area contributed by atoms with Crippen LogP contribution >= 0.6 is 0 Å². The van der Waals surface area contributed by atoms with E-state index >= 15 is 0 Å². The van der Waals surface area contributed by atoms with Gasteiger partial charge in [0.25, 0.3) is 5.91 Å². The van der Waals surface area contributed by atoms with Gasteiger partial charge in [-0.1, -0.05) is 12.1 Å². The molecule has 0 aliphatic heterocycles. The molecule has 0 spiro atoms. The third kappa shape index (κ3) is 4.21. The first-order chi connectivity index (χ1) is 10.2. The summed E-state index contributed by atoms with van der Waals surface area (Å²) in [5, 5.41) is 13.8. The molecule has 2 N–H and O–H groups in total. The Morgan fingerprint density at radius 2 is 1.90 bits per heavy atom. The van der Waals surface area contributed by atoms with Gasteiger partial charge in [0.1, 0.15) is 0 Å². The third-order valence-electron chi connectivity index (χ3n) is 2.73. The number of amides is 2. The molecule has 0 fully saturated rings. The average Bonchev–Trinajstić information content (AvgIpc) is 3.05. The second-order valence-corrected chi connectivity index (χ2v) is 4.25. The topological polar surface area (TPSA) is 95.1 Å². The minimum Gasteiger partial charge on any atom is -0.459 e.